The van der Waals surface area contributed by atoms with E-state index in [0.29, 0.717) is 14.6 Å². The first-order chi connectivity index (χ1) is 12.4. The zero-order chi connectivity index (χ0) is 18.8. The summed E-state index contributed by atoms with van der Waals surface area (Å²) < 4.78 is 14.0. The Hall–Kier alpha value is -2.54. The number of benzene rings is 1. The van der Waals surface area contributed by atoms with Gasteiger partial charge in [-0.25, -0.2) is 4.39 Å². The second kappa shape index (κ2) is 7.37. The zero-order valence-electron chi connectivity index (χ0n) is 12.8. The van der Waals surface area contributed by atoms with Crippen LogP contribution in [-0.2, 0) is 4.79 Å². The maximum absolute atomic E-state index is 13.1. The van der Waals surface area contributed by atoms with Crippen molar-refractivity contribution >= 4 is 56.5 Å². The molecule has 0 aliphatic rings. The second-order valence-electron chi connectivity index (χ2n) is 5.07. The SMILES string of the molecule is N#Cc1c(SCC(=O)Nc2ccc(F)c(Cl)c2)sc2c(O)cc(=O)[nH]c12. The fraction of sp³-hybridized carbons (Fsp3) is 0.0625. The molecule has 1 amide bonds. The number of rotatable bonds is 4. The van der Waals surface area contributed by atoms with Gasteiger partial charge in [-0.2, -0.15) is 5.26 Å². The molecule has 1 aromatic carbocycles. The van der Waals surface area contributed by atoms with Crippen LogP contribution in [0.15, 0.2) is 33.3 Å². The molecule has 0 spiro atoms. The molecule has 3 N–H and O–H groups in total. The Balaban J connectivity index is 1.78. The van der Waals surface area contributed by atoms with Crippen LogP contribution in [-0.4, -0.2) is 21.8 Å². The fourth-order valence-electron chi connectivity index (χ4n) is 2.16. The highest BCUT2D eigenvalue weighted by Crippen LogP contribution is 2.39. The Kier molecular flexibility index (Phi) is 5.18. The van der Waals surface area contributed by atoms with Crippen LogP contribution in [0.25, 0.3) is 10.2 Å². The van der Waals surface area contributed by atoms with Crippen LogP contribution in [0.4, 0.5) is 10.1 Å². The van der Waals surface area contributed by atoms with Gasteiger partial charge >= 0.3 is 0 Å². The molecule has 0 saturated carbocycles. The lowest BCUT2D eigenvalue weighted by atomic mass is 10.3. The van der Waals surface area contributed by atoms with Crippen molar-refractivity contribution in [2.75, 3.05) is 11.1 Å². The average Bonchev–Trinajstić information content (AvgIpc) is 2.94. The molecule has 0 aliphatic heterocycles. The number of nitrogens with zero attached hydrogens (tertiary/aromatic N) is 1. The van der Waals surface area contributed by atoms with E-state index in [1.807, 2.05) is 6.07 Å². The number of fused-ring (bicyclic) bond motifs is 1. The van der Waals surface area contributed by atoms with Gasteiger partial charge < -0.3 is 15.4 Å². The summed E-state index contributed by atoms with van der Waals surface area (Å²) in [7, 11) is 0. The zero-order valence-corrected chi connectivity index (χ0v) is 15.2. The van der Waals surface area contributed by atoms with Gasteiger partial charge in [-0.3, -0.25) is 9.59 Å². The number of thioether (sulfide) groups is 1. The van der Waals surface area contributed by atoms with Crippen molar-refractivity contribution < 1.29 is 14.3 Å². The molecule has 3 rings (SSSR count). The van der Waals surface area contributed by atoms with Crippen molar-refractivity contribution in [3.63, 3.8) is 0 Å². The van der Waals surface area contributed by atoms with E-state index in [9.17, 15) is 24.3 Å². The predicted molar refractivity (Wildman–Crippen MR) is 99.6 cm³/mol. The van der Waals surface area contributed by atoms with Crippen LogP contribution in [0.2, 0.25) is 5.02 Å². The second-order valence-corrected chi connectivity index (χ2v) is 7.74. The minimum Gasteiger partial charge on any atom is -0.506 e. The van der Waals surface area contributed by atoms with Crippen molar-refractivity contribution in [1.29, 1.82) is 5.26 Å². The number of carbonyl (C=O) groups is 1. The highest BCUT2D eigenvalue weighted by Gasteiger charge is 2.17. The van der Waals surface area contributed by atoms with Crippen LogP contribution >= 0.6 is 34.7 Å². The maximum Gasteiger partial charge on any atom is 0.252 e. The van der Waals surface area contributed by atoms with Crippen molar-refractivity contribution in [2.45, 2.75) is 4.21 Å². The number of thiophene rings is 1. The Bertz CT molecular complexity index is 1120. The van der Waals surface area contributed by atoms with E-state index in [1.165, 1.54) is 12.1 Å². The first-order valence-electron chi connectivity index (χ1n) is 7.05. The van der Waals surface area contributed by atoms with E-state index in [0.717, 1.165) is 35.2 Å². The molecule has 0 saturated heterocycles. The minimum atomic E-state index is -0.586. The van der Waals surface area contributed by atoms with E-state index >= 15 is 0 Å². The van der Waals surface area contributed by atoms with Crippen LogP contribution in [0.3, 0.4) is 0 Å². The lowest BCUT2D eigenvalue weighted by Crippen LogP contribution is -2.14. The third-order valence-electron chi connectivity index (χ3n) is 3.27. The molecular weight excluding hydrogens is 401 g/mol. The Morgan fingerprint density at radius 1 is 1.46 bits per heavy atom. The number of H-pyrrole nitrogens is 1. The summed E-state index contributed by atoms with van der Waals surface area (Å²) in [6, 6.07) is 6.82. The molecule has 0 aliphatic carbocycles. The van der Waals surface area contributed by atoms with Gasteiger partial charge in [0.15, 0.2) is 0 Å². The molecule has 10 heteroatoms. The van der Waals surface area contributed by atoms with Gasteiger partial charge in [0, 0.05) is 11.8 Å². The summed E-state index contributed by atoms with van der Waals surface area (Å²) in [5.74, 6) is -1.21. The smallest absolute Gasteiger partial charge is 0.252 e. The Morgan fingerprint density at radius 2 is 2.23 bits per heavy atom. The number of anilines is 1. The van der Waals surface area contributed by atoms with Crippen LogP contribution in [0.1, 0.15) is 5.56 Å². The molecule has 0 unspecified atom stereocenters. The fourth-order valence-corrected chi connectivity index (χ4v) is 4.49. The molecule has 2 heterocycles. The normalized spacial score (nSPS) is 10.7. The minimum absolute atomic E-state index is 0.0263. The monoisotopic (exact) mass is 409 g/mol. The number of aromatic amines is 1. The molecule has 3 aromatic rings. The Labute approximate surface area is 159 Å². The summed E-state index contributed by atoms with van der Waals surface area (Å²) in [5.41, 5.74) is 0.268. The highest BCUT2D eigenvalue weighted by atomic mass is 35.5. The topological polar surface area (TPSA) is 106 Å². The van der Waals surface area contributed by atoms with E-state index in [4.69, 9.17) is 11.6 Å². The summed E-state index contributed by atoms with van der Waals surface area (Å²) in [6.07, 6.45) is 0. The first kappa shape index (κ1) is 18.3. The van der Waals surface area contributed by atoms with Gasteiger partial charge in [0.1, 0.15) is 23.2 Å². The highest BCUT2D eigenvalue weighted by molar-refractivity contribution is 8.02. The van der Waals surface area contributed by atoms with Gasteiger partial charge in [-0.15, -0.1) is 23.1 Å². The van der Waals surface area contributed by atoms with Crippen molar-refractivity contribution in [3.05, 3.63) is 51.0 Å². The van der Waals surface area contributed by atoms with Crippen molar-refractivity contribution in [1.82, 2.24) is 4.98 Å². The lowest BCUT2D eigenvalue weighted by molar-refractivity contribution is -0.113. The number of hydrogen-bond acceptors (Lipinski definition) is 6. The van der Waals surface area contributed by atoms with Gasteiger partial charge in [-0.05, 0) is 18.2 Å². The molecule has 6 nitrogen and oxygen atoms in total. The third-order valence-corrected chi connectivity index (χ3v) is 6.05. The largest absolute Gasteiger partial charge is 0.506 e. The number of nitriles is 1. The quantitative estimate of drug-likeness (QED) is 0.570. The maximum atomic E-state index is 13.1. The number of pyridine rings is 1. The summed E-state index contributed by atoms with van der Waals surface area (Å²) in [6.45, 7) is 0. The number of amides is 1. The molecular formula is C16H9ClFN3O3S2. The Morgan fingerprint density at radius 3 is 2.92 bits per heavy atom. The molecule has 132 valence electrons. The summed E-state index contributed by atoms with van der Waals surface area (Å²) in [5, 5.41) is 21.7. The number of halogens is 2. The molecule has 0 bridgehead atoms. The lowest BCUT2D eigenvalue weighted by Gasteiger charge is -2.05. The molecule has 0 atom stereocenters. The number of nitrogens with one attached hydrogen (secondary N) is 2. The van der Waals surface area contributed by atoms with Crippen molar-refractivity contribution in [2.24, 2.45) is 0 Å². The summed E-state index contributed by atoms with van der Waals surface area (Å²) >= 11 is 7.86. The van der Waals surface area contributed by atoms with Crippen LogP contribution in [0, 0.1) is 17.1 Å². The average molecular weight is 410 g/mol. The van der Waals surface area contributed by atoms with Gasteiger partial charge in [0.25, 0.3) is 5.56 Å². The van der Waals surface area contributed by atoms with Gasteiger partial charge in [0.05, 0.1) is 25.2 Å². The van der Waals surface area contributed by atoms with Crippen molar-refractivity contribution in [3.8, 4) is 11.8 Å². The van der Waals surface area contributed by atoms with E-state index in [2.05, 4.69) is 10.3 Å². The molecule has 0 radical (unpaired) electrons. The van der Waals surface area contributed by atoms with Gasteiger partial charge in [-0.1, -0.05) is 11.6 Å². The number of carbonyl (C=O) groups excluding carboxylic acids is 1. The molecule has 2 aromatic heterocycles. The summed E-state index contributed by atoms with van der Waals surface area (Å²) in [4.78, 5) is 26.1. The van der Waals surface area contributed by atoms with Crippen LogP contribution in [0.5, 0.6) is 5.75 Å². The predicted octanol–water partition coefficient (Wildman–Crippen LogP) is 3.69. The van der Waals surface area contributed by atoms with E-state index < -0.39 is 11.4 Å². The number of aromatic hydroxyl groups is 1. The molecule has 0 fully saturated rings. The molecule has 26 heavy (non-hydrogen) atoms. The van der Waals surface area contributed by atoms with Crippen LogP contribution < -0.4 is 10.9 Å². The van der Waals surface area contributed by atoms with E-state index in [-0.39, 0.29) is 33.5 Å². The standard InChI is InChI=1S/C16H9ClFN3O3S2/c17-9-3-7(1-2-10(9)18)20-13(24)6-25-16-8(5-19)14-15(26-16)11(22)4-12(23)21-14/h1-4H,6H2,(H,20,24)(H2,21,22,23). The third kappa shape index (κ3) is 3.67. The van der Waals surface area contributed by atoms with Gasteiger partial charge in [0.2, 0.25) is 5.91 Å². The first-order valence-corrected chi connectivity index (χ1v) is 9.23. The number of aromatic nitrogens is 1. The van der Waals surface area contributed by atoms with E-state index in [1.54, 1.807) is 0 Å². The number of hydrogen-bond donors (Lipinski definition) is 3.